The maximum absolute atomic E-state index is 6.06. The first-order valence-corrected chi connectivity index (χ1v) is 3.89. The van der Waals surface area contributed by atoms with E-state index in [1.807, 2.05) is 26.0 Å². The first-order chi connectivity index (χ1) is 4.94. The van der Waals surface area contributed by atoms with E-state index in [9.17, 15) is 0 Å². The van der Waals surface area contributed by atoms with Crippen LogP contribution in [0.4, 0.5) is 0 Å². The lowest BCUT2D eigenvalue weighted by Gasteiger charge is -2.34. The molecule has 2 atom stereocenters. The van der Waals surface area contributed by atoms with Gasteiger partial charge in [0.05, 0.1) is 0 Å². The standard InChI is InChI=1S/C9H16N2/c1-6-4-8(10)5-7(2)9(6,3)11/h4-6H,10-11H2,1-3H3. The van der Waals surface area contributed by atoms with Crippen molar-refractivity contribution in [1.82, 2.24) is 0 Å². The Labute approximate surface area is 68.0 Å². The minimum Gasteiger partial charge on any atom is -0.399 e. The molecule has 0 saturated carbocycles. The van der Waals surface area contributed by atoms with E-state index in [-0.39, 0.29) is 5.54 Å². The maximum Gasteiger partial charge on any atom is 0.0403 e. The van der Waals surface area contributed by atoms with Crippen molar-refractivity contribution in [3.8, 4) is 0 Å². The molecule has 1 aliphatic rings. The van der Waals surface area contributed by atoms with Crippen molar-refractivity contribution in [2.24, 2.45) is 17.4 Å². The molecule has 2 nitrogen and oxygen atoms in total. The zero-order valence-electron chi connectivity index (χ0n) is 7.39. The van der Waals surface area contributed by atoms with Crippen molar-refractivity contribution in [3.63, 3.8) is 0 Å². The molecule has 0 saturated heterocycles. The van der Waals surface area contributed by atoms with Gasteiger partial charge in [0.2, 0.25) is 0 Å². The topological polar surface area (TPSA) is 52.0 Å². The molecule has 0 fully saturated rings. The highest BCUT2D eigenvalue weighted by molar-refractivity contribution is 5.34. The zero-order chi connectivity index (χ0) is 8.65. The van der Waals surface area contributed by atoms with Crippen LogP contribution in [0.25, 0.3) is 0 Å². The summed E-state index contributed by atoms with van der Waals surface area (Å²) < 4.78 is 0. The van der Waals surface area contributed by atoms with E-state index in [2.05, 4.69) is 6.92 Å². The van der Waals surface area contributed by atoms with Gasteiger partial charge in [-0.15, -0.1) is 0 Å². The van der Waals surface area contributed by atoms with Crippen LogP contribution in [0.15, 0.2) is 23.4 Å². The molecule has 0 amide bonds. The van der Waals surface area contributed by atoms with Gasteiger partial charge >= 0.3 is 0 Å². The minimum atomic E-state index is -0.219. The smallest absolute Gasteiger partial charge is 0.0403 e. The van der Waals surface area contributed by atoms with E-state index in [1.54, 1.807) is 0 Å². The predicted octanol–water partition coefficient (Wildman–Crippen LogP) is 1.14. The van der Waals surface area contributed by atoms with Crippen molar-refractivity contribution in [3.05, 3.63) is 23.4 Å². The lowest BCUT2D eigenvalue weighted by atomic mass is 9.78. The van der Waals surface area contributed by atoms with Crippen molar-refractivity contribution in [2.45, 2.75) is 26.3 Å². The third-order valence-corrected chi connectivity index (χ3v) is 2.62. The molecule has 0 spiro atoms. The number of hydrogen-bond acceptors (Lipinski definition) is 2. The second-order valence-corrected chi connectivity index (χ2v) is 3.57. The molecule has 2 heteroatoms. The molecule has 0 aliphatic heterocycles. The van der Waals surface area contributed by atoms with Crippen LogP contribution in [0.5, 0.6) is 0 Å². The fraction of sp³-hybridized carbons (Fsp3) is 0.556. The summed E-state index contributed by atoms with van der Waals surface area (Å²) >= 11 is 0. The normalized spacial score (nSPS) is 38.0. The van der Waals surface area contributed by atoms with Gasteiger partial charge in [0.25, 0.3) is 0 Å². The molecule has 0 radical (unpaired) electrons. The van der Waals surface area contributed by atoms with Crippen molar-refractivity contribution >= 4 is 0 Å². The molecule has 0 bridgehead atoms. The first-order valence-electron chi connectivity index (χ1n) is 3.89. The summed E-state index contributed by atoms with van der Waals surface area (Å²) in [5, 5.41) is 0. The molecule has 0 heterocycles. The van der Waals surface area contributed by atoms with Crippen LogP contribution in [-0.2, 0) is 0 Å². The zero-order valence-corrected chi connectivity index (χ0v) is 7.39. The number of nitrogens with two attached hydrogens (primary N) is 2. The summed E-state index contributed by atoms with van der Waals surface area (Å²) in [7, 11) is 0. The average molecular weight is 152 g/mol. The van der Waals surface area contributed by atoms with E-state index in [0.717, 1.165) is 11.3 Å². The first kappa shape index (κ1) is 8.34. The van der Waals surface area contributed by atoms with Gasteiger partial charge in [0, 0.05) is 11.2 Å². The van der Waals surface area contributed by atoms with Crippen LogP contribution >= 0.6 is 0 Å². The van der Waals surface area contributed by atoms with Gasteiger partial charge in [-0.3, -0.25) is 0 Å². The molecule has 2 unspecified atom stereocenters. The molecule has 0 aromatic rings. The lowest BCUT2D eigenvalue weighted by molar-refractivity contribution is 0.426. The van der Waals surface area contributed by atoms with Gasteiger partial charge in [-0.25, -0.2) is 0 Å². The van der Waals surface area contributed by atoms with Crippen LogP contribution in [0, 0.1) is 5.92 Å². The summed E-state index contributed by atoms with van der Waals surface area (Å²) in [6.07, 6.45) is 3.95. The highest BCUT2D eigenvalue weighted by Crippen LogP contribution is 2.28. The van der Waals surface area contributed by atoms with Crippen LogP contribution < -0.4 is 11.5 Å². The third kappa shape index (κ3) is 1.31. The van der Waals surface area contributed by atoms with Crippen molar-refractivity contribution in [1.29, 1.82) is 0 Å². The lowest BCUT2D eigenvalue weighted by Crippen LogP contribution is -2.45. The van der Waals surface area contributed by atoms with Gasteiger partial charge < -0.3 is 11.5 Å². The highest BCUT2D eigenvalue weighted by atomic mass is 14.8. The fourth-order valence-corrected chi connectivity index (χ4v) is 1.27. The Morgan fingerprint density at radius 2 is 2.09 bits per heavy atom. The number of hydrogen-bond donors (Lipinski definition) is 2. The van der Waals surface area contributed by atoms with Gasteiger partial charge in [-0.05, 0) is 25.8 Å². The molecule has 1 rings (SSSR count). The summed E-state index contributed by atoms with van der Waals surface area (Å²) in [4.78, 5) is 0. The largest absolute Gasteiger partial charge is 0.399 e. The minimum absolute atomic E-state index is 0.219. The van der Waals surface area contributed by atoms with Gasteiger partial charge in [0.15, 0.2) is 0 Å². The van der Waals surface area contributed by atoms with Crippen molar-refractivity contribution in [2.75, 3.05) is 0 Å². The van der Waals surface area contributed by atoms with E-state index in [0.29, 0.717) is 5.92 Å². The van der Waals surface area contributed by atoms with Crippen LogP contribution in [-0.4, -0.2) is 5.54 Å². The van der Waals surface area contributed by atoms with Gasteiger partial charge in [-0.1, -0.05) is 18.6 Å². The van der Waals surface area contributed by atoms with E-state index >= 15 is 0 Å². The quantitative estimate of drug-likeness (QED) is 0.547. The molecule has 11 heavy (non-hydrogen) atoms. The van der Waals surface area contributed by atoms with Gasteiger partial charge in [-0.2, -0.15) is 0 Å². The highest BCUT2D eigenvalue weighted by Gasteiger charge is 2.29. The van der Waals surface area contributed by atoms with Crippen LogP contribution in [0.3, 0.4) is 0 Å². The molecule has 0 aromatic heterocycles. The Morgan fingerprint density at radius 1 is 1.55 bits per heavy atom. The fourth-order valence-electron chi connectivity index (χ4n) is 1.27. The van der Waals surface area contributed by atoms with Crippen molar-refractivity contribution < 1.29 is 0 Å². The maximum atomic E-state index is 6.06. The molecular formula is C9H16N2. The molecule has 62 valence electrons. The number of allylic oxidation sites excluding steroid dienone is 1. The second kappa shape index (κ2) is 2.38. The Balaban J connectivity index is 3.01. The van der Waals surface area contributed by atoms with Crippen LogP contribution in [0.2, 0.25) is 0 Å². The predicted molar refractivity (Wildman–Crippen MR) is 47.8 cm³/mol. The monoisotopic (exact) mass is 152 g/mol. The summed E-state index contributed by atoms with van der Waals surface area (Å²) in [6.45, 7) is 6.14. The summed E-state index contributed by atoms with van der Waals surface area (Å²) in [5.41, 5.74) is 13.5. The SMILES string of the molecule is CC1=CC(N)=CC(C)C1(C)N. The Hall–Kier alpha value is -0.760. The third-order valence-electron chi connectivity index (χ3n) is 2.62. The molecule has 1 aliphatic carbocycles. The molecule has 0 aromatic carbocycles. The van der Waals surface area contributed by atoms with Gasteiger partial charge in [0.1, 0.15) is 0 Å². The molecular weight excluding hydrogens is 136 g/mol. The summed E-state index contributed by atoms with van der Waals surface area (Å²) in [5.74, 6) is 0.326. The Morgan fingerprint density at radius 3 is 2.55 bits per heavy atom. The summed E-state index contributed by atoms with van der Waals surface area (Å²) in [6, 6.07) is 0. The Kier molecular flexibility index (Phi) is 1.80. The Bertz CT molecular complexity index is 224. The van der Waals surface area contributed by atoms with E-state index in [1.165, 1.54) is 0 Å². The average Bonchev–Trinajstić information content (AvgIpc) is 1.84. The van der Waals surface area contributed by atoms with Crippen LogP contribution in [0.1, 0.15) is 20.8 Å². The number of rotatable bonds is 0. The van der Waals surface area contributed by atoms with E-state index in [4.69, 9.17) is 11.5 Å². The van der Waals surface area contributed by atoms with E-state index < -0.39 is 0 Å². The molecule has 4 N–H and O–H groups in total. The second-order valence-electron chi connectivity index (χ2n) is 3.57.